The molecule has 0 heterocycles. The van der Waals surface area contributed by atoms with Crippen LogP contribution in [0.5, 0.6) is 0 Å². The van der Waals surface area contributed by atoms with E-state index in [-0.39, 0.29) is 0 Å². The minimum absolute atomic E-state index is 0.856. The molecule has 0 aliphatic carbocycles. The second-order valence-electron chi connectivity index (χ2n) is 7.05. The van der Waals surface area contributed by atoms with Crippen LogP contribution in [0.3, 0.4) is 0 Å². The van der Waals surface area contributed by atoms with Crippen LogP contribution in [0, 0.1) is 12.0 Å². The molecule has 0 spiro atoms. The Bertz CT molecular complexity index is 261. The number of rotatable bonds is 18. The Kier molecular flexibility index (Phi) is 20.8. The molecule has 0 aliphatic heterocycles. The summed E-state index contributed by atoms with van der Waals surface area (Å²) in [5.41, 5.74) is 8.35. The maximum Gasteiger partial charge on any atom is 0.0584 e. The van der Waals surface area contributed by atoms with Crippen molar-refractivity contribution in [2.24, 2.45) is 0 Å². The van der Waals surface area contributed by atoms with E-state index >= 15 is 0 Å². The summed E-state index contributed by atoms with van der Waals surface area (Å²) in [5, 5.41) is 0. The third-order valence-electron chi connectivity index (χ3n) is 4.73. The first-order valence-electron chi connectivity index (χ1n) is 10.5. The van der Waals surface area contributed by atoms with Gasteiger partial charge in [0.25, 0.3) is 0 Å². The van der Waals surface area contributed by atoms with Crippen molar-refractivity contribution in [3.63, 3.8) is 0 Å². The summed E-state index contributed by atoms with van der Waals surface area (Å²) in [7, 11) is 0. The van der Waals surface area contributed by atoms with Gasteiger partial charge in [-0.15, -0.1) is 0 Å². The van der Waals surface area contributed by atoms with E-state index in [1.54, 1.807) is 0 Å². The van der Waals surface area contributed by atoms with E-state index in [2.05, 4.69) is 12.8 Å². The second kappa shape index (κ2) is 21.4. The molecule has 0 saturated heterocycles. The molecule has 0 aliphatic rings. The summed E-state index contributed by atoms with van der Waals surface area (Å²) in [6, 6.07) is 1.97. The van der Waals surface area contributed by atoms with E-state index in [1.807, 2.05) is 6.04 Å². The van der Waals surface area contributed by atoms with E-state index in [9.17, 15) is 0 Å². The van der Waals surface area contributed by atoms with Crippen LogP contribution < -0.4 is 5.73 Å². The highest BCUT2D eigenvalue weighted by Crippen LogP contribution is 2.14. The van der Waals surface area contributed by atoms with Crippen molar-refractivity contribution in [2.45, 2.75) is 129 Å². The first-order valence-corrected chi connectivity index (χ1v) is 10.5. The highest BCUT2D eigenvalue weighted by atomic mass is 14.4. The Balaban J connectivity index is 2.95. The Labute approximate surface area is 147 Å². The summed E-state index contributed by atoms with van der Waals surface area (Å²) in [4.78, 5) is 0. The van der Waals surface area contributed by atoms with Crippen molar-refractivity contribution in [3.05, 3.63) is 0 Å². The second-order valence-corrected chi connectivity index (χ2v) is 7.05. The SMILES string of the molecule is CCCCCCCCCCCCCCCCCCCCC#C[N]. The average Bonchev–Trinajstić information content (AvgIpc) is 2.57. The first kappa shape index (κ1) is 22.4. The maximum atomic E-state index is 8.35. The van der Waals surface area contributed by atoms with Crippen molar-refractivity contribution in [2.75, 3.05) is 0 Å². The van der Waals surface area contributed by atoms with Gasteiger partial charge >= 0.3 is 0 Å². The van der Waals surface area contributed by atoms with E-state index in [4.69, 9.17) is 5.73 Å². The zero-order valence-corrected chi connectivity index (χ0v) is 15.9. The third-order valence-corrected chi connectivity index (χ3v) is 4.73. The molecule has 0 fully saturated rings. The number of hydrogen-bond donors (Lipinski definition) is 0. The molecule has 0 aromatic heterocycles. The zero-order valence-electron chi connectivity index (χ0n) is 15.9. The van der Waals surface area contributed by atoms with Gasteiger partial charge in [0.2, 0.25) is 0 Å². The zero-order chi connectivity index (χ0) is 16.8. The summed E-state index contributed by atoms with van der Waals surface area (Å²) in [6.45, 7) is 2.29. The molecule has 0 rings (SSSR count). The van der Waals surface area contributed by atoms with Gasteiger partial charge in [-0.2, -0.15) is 0 Å². The molecule has 0 amide bonds. The minimum atomic E-state index is 0.856. The molecule has 23 heavy (non-hydrogen) atoms. The molecule has 0 N–H and O–H groups in total. The van der Waals surface area contributed by atoms with Crippen molar-refractivity contribution in [1.82, 2.24) is 5.73 Å². The molecular weight excluding hydrogens is 278 g/mol. The quantitative estimate of drug-likeness (QED) is 0.185. The Morgan fingerprint density at radius 1 is 0.478 bits per heavy atom. The fourth-order valence-electron chi connectivity index (χ4n) is 3.17. The predicted molar refractivity (Wildman–Crippen MR) is 103 cm³/mol. The smallest absolute Gasteiger partial charge is 0.0584 e. The van der Waals surface area contributed by atoms with Crippen LogP contribution in [0.15, 0.2) is 0 Å². The van der Waals surface area contributed by atoms with Crippen molar-refractivity contribution < 1.29 is 0 Å². The highest BCUT2D eigenvalue weighted by molar-refractivity contribution is 4.92. The normalized spacial score (nSPS) is 10.5. The van der Waals surface area contributed by atoms with Crippen LogP contribution in [0.4, 0.5) is 0 Å². The number of nitrogens with zero attached hydrogens (tertiary/aromatic N) is 1. The molecule has 1 nitrogen and oxygen atoms in total. The molecule has 0 aromatic carbocycles. The van der Waals surface area contributed by atoms with Crippen LogP contribution in [0.1, 0.15) is 129 Å². The summed E-state index contributed by atoms with van der Waals surface area (Å²) < 4.78 is 0. The molecule has 0 saturated carbocycles. The first-order chi connectivity index (χ1) is 11.4. The molecular formula is C22H41N. The molecule has 134 valence electrons. The third kappa shape index (κ3) is 21.4. The number of unbranched alkanes of at least 4 members (excludes halogenated alkanes) is 18. The predicted octanol–water partition coefficient (Wildman–Crippen LogP) is 7.45. The van der Waals surface area contributed by atoms with Crippen molar-refractivity contribution in [1.29, 1.82) is 0 Å². The molecule has 0 unspecified atom stereocenters. The van der Waals surface area contributed by atoms with Crippen LogP contribution in [-0.2, 0) is 0 Å². The van der Waals surface area contributed by atoms with Crippen molar-refractivity contribution in [3.8, 4) is 12.0 Å². The summed E-state index contributed by atoms with van der Waals surface area (Å²) >= 11 is 0. The largest absolute Gasteiger partial charge is 0.0878 e. The molecule has 0 bridgehead atoms. The summed E-state index contributed by atoms with van der Waals surface area (Å²) in [6.07, 6.45) is 26.2. The Morgan fingerprint density at radius 2 is 0.783 bits per heavy atom. The van der Waals surface area contributed by atoms with Gasteiger partial charge in [-0.25, -0.2) is 0 Å². The van der Waals surface area contributed by atoms with Gasteiger partial charge in [0, 0.05) is 6.42 Å². The number of hydrogen-bond acceptors (Lipinski definition) is 0. The molecule has 0 aromatic rings. The molecule has 1 heteroatoms. The van der Waals surface area contributed by atoms with Gasteiger partial charge in [-0.05, 0) is 6.42 Å². The van der Waals surface area contributed by atoms with Crippen LogP contribution in [0.2, 0.25) is 0 Å². The lowest BCUT2D eigenvalue weighted by atomic mass is 10.0. The van der Waals surface area contributed by atoms with Crippen LogP contribution in [-0.4, -0.2) is 0 Å². The van der Waals surface area contributed by atoms with Gasteiger partial charge in [0.05, 0.1) is 6.04 Å². The molecule has 2 radical (unpaired) electrons. The lowest BCUT2D eigenvalue weighted by Gasteiger charge is -2.03. The Morgan fingerprint density at radius 3 is 1.09 bits per heavy atom. The van der Waals surface area contributed by atoms with Gasteiger partial charge in [-0.3, -0.25) is 0 Å². The standard InChI is InChI=1S/C22H41N/c1-2-3-4-5-6-7-8-9-10-11-12-13-14-15-16-17-18-19-20-21-22-23/h2-20H2,1H3. The maximum absolute atomic E-state index is 8.35. The van der Waals surface area contributed by atoms with Crippen LogP contribution >= 0.6 is 0 Å². The fraction of sp³-hybridized carbons (Fsp3) is 0.909. The lowest BCUT2D eigenvalue weighted by molar-refractivity contribution is 0.525. The fourth-order valence-corrected chi connectivity index (χ4v) is 3.17. The topological polar surface area (TPSA) is 22.3 Å². The van der Waals surface area contributed by atoms with E-state index in [1.165, 1.54) is 109 Å². The highest BCUT2D eigenvalue weighted by Gasteiger charge is 1.94. The molecule has 0 atom stereocenters. The van der Waals surface area contributed by atoms with Crippen molar-refractivity contribution >= 4 is 0 Å². The van der Waals surface area contributed by atoms with Gasteiger partial charge in [0.1, 0.15) is 0 Å². The van der Waals surface area contributed by atoms with Gasteiger partial charge in [-0.1, -0.05) is 128 Å². The van der Waals surface area contributed by atoms with Gasteiger partial charge < -0.3 is 0 Å². The Hall–Kier alpha value is -0.640. The van der Waals surface area contributed by atoms with E-state index in [0.717, 1.165) is 12.8 Å². The average molecular weight is 320 g/mol. The van der Waals surface area contributed by atoms with Gasteiger partial charge in [0.15, 0.2) is 0 Å². The summed E-state index contributed by atoms with van der Waals surface area (Å²) in [5.74, 6) is 2.71. The van der Waals surface area contributed by atoms with E-state index < -0.39 is 0 Å². The van der Waals surface area contributed by atoms with Crippen LogP contribution in [0.25, 0.3) is 0 Å². The lowest BCUT2D eigenvalue weighted by Crippen LogP contribution is -1.84. The monoisotopic (exact) mass is 319 g/mol. The van der Waals surface area contributed by atoms with E-state index in [0.29, 0.717) is 0 Å². The minimum Gasteiger partial charge on any atom is -0.0878 e.